The van der Waals surface area contributed by atoms with Gasteiger partial charge in [-0.05, 0) is 63.3 Å². The van der Waals surface area contributed by atoms with Gasteiger partial charge in [0.2, 0.25) is 0 Å². The molecule has 2 atom stereocenters. The van der Waals surface area contributed by atoms with E-state index >= 15 is 0 Å². The van der Waals surface area contributed by atoms with Crippen molar-refractivity contribution in [1.82, 2.24) is 5.32 Å². The van der Waals surface area contributed by atoms with Gasteiger partial charge in [-0.3, -0.25) is 0 Å². The van der Waals surface area contributed by atoms with Gasteiger partial charge in [-0.15, -0.1) is 11.8 Å². The molecule has 1 N–H and O–H groups in total. The first-order valence-electron chi connectivity index (χ1n) is 8.03. The zero-order valence-electron chi connectivity index (χ0n) is 13.7. The number of benzene rings is 1. The fourth-order valence-electron chi connectivity index (χ4n) is 2.83. The number of halogens is 1. The quantitative estimate of drug-likeness (QED) is 0.801. The van der Waals surface area contributed by atoms with Crippen molar-refractivity contribution in [2.45, 2.75) is 75.6 Å². The number of rotatable bonds is 4. The van der Waals surface area contributed by atoms with Gasteiger partial charge >= 0.3 is 0 Å². The minimum atomic E-state index is -0.137. The minimum absolute atomic E-state index is 0.0492. The summed E-state index contributed by atoms with van der Waals surface area (Å²) in [5.74, 6) is 0.690. The zero-order valence-corrected chi connectivity index (χ0v) is 14.5. The molecule has 118 valence electrons. The molecule has 2 unspecified atom stereocenters. The smallest absolute Gasteiger partial charge is 0.123 e. The highest BCUT2D eigenvalue weighted by molar-refractivity contribution is 8.00. The Morgan fingerprint density at radius 2 is 2.05 bits per heavy atom. The molecular weight excluding hydrogens is 281 g/mol. The van der Waals surface area contributed by atoms with Crippen LogP contribution in [0.1, 0.15) is 58.9 Å². The largest absolute Gasteiger partial charge is 0.308 e. The highest BCUT2D eigenvalue weighted by Gasteiger charge is 2.21. The van der Waals surface area contributed by atoms with E-state index in [9.17, 15) is 4.39 Å². The zero-order chi connectivity index (χ0) is 15.5. The number of nitrogens with one attached hydrogen (secondary N) is 1. The Kier molecular flexibility index (Phi) is 5.73. The molecule has 0 spiro atoms. The summed E-state index contributed by atoms with van der Waals surface area (Å²) in [5.41, 5.74) is 1.14. The normalized spacial score (nSPS) is 23.3. The lowest BCUT2D eigenvalue weighted by atomic mass is 9.91. The summed E-state index contributed by atoms with van der Waals surface area (Å²) < 4.78 is 13.6. The van der Waals surface area contributed by atoms with Crippen LogP contribution in [0.25, 0.3) is 0 Å². The summed E-state index contributed by atoms with van der Waals surface area (Å²) in [7, 11) is 0. The van der Waals surface area contributed by atoms with Gasteiger partial charge in [-0.2, -0.15) is 0 Å². The number of thioether (sulfide) groups is 1. The van der Waals surface area contributed by atoms with Gasteiger partial charge in [0.25, 0.3) is 0 Å². The van der Waals surface area contributed by atoms with Gasteiger partial charge in [0.15, 0.2) is 0 Å². The Morgan fingerprint density at radius 1 is 1.29 bits per heavy atom. The number of hydrogen-bond donors (Lipinski definition) is 1. The van der Waals surface area contributed by atoms with Crippen LogP contribution >= 0.6 is 11.8 Å². The minimum Gasteiger partial charge on any atom is -0.308 e. The molecule has 0 bridgehead atoms. The molecule has 3 heteroatoms. The van der Waals surface area contributed by atoms with E-state index in [1.54, 1.807) is 12.1 Å². The van der Waals surface area contributed by atoms with Crippen molar-refractivity contribution >= 4 is 11.8 Å². The van der Waals surface area contributed by atoms with Gasteiger partial charge < -0.3 is 5.32 Å². The lowest BCUT2D eigenvalue weighted by molar-refractivity contribution is 0.394. The highest BCUT2D eigenvalue weighted by Crippen LogP contribution is 2.37. The predicted octanol–water partition coefficient (Wildman–Crippen LogP) is 5.38. The van der Waals surface area contributed by atoms with E-state index in [1.807, 2.05) is 17.8 Å². The van der Waals surface area contributed by atoms with Gasteiger partial charge in [0.05, 0.1) is 0 Å². The summed E-state index contributed by atoms with van der Waals surface area (Å²) in [6, 6.07) is 5.24. The molecule has 1 aromatic rings. The fraction of sp³-hybridized carbons (Fsp3) is 0.667. The average molecular weight is 309 g/mol. The van der Waals surface area contributed by atoms with Crippen LogP contribution in [0.15, 0.2) is 23.1 Å². The van der Waals surface area contributed by atoms with E-state index < -0.39 is 0 Å². The monoisotopic (exact) mass is 309 g/mol. The molecule has 21 heavy (non-hydrogen) atoms. The Morgan fingerprint density at radius 3 is 2.71 bits per heavy atom. The first-order chi connectivity index (χ1) is 9.83. The van der Waals surface area contributed by atoms with Crippen LogP contribution in [0.5, 0.6) is 0 Å². The molecule has 0 radical (unpaired) electrons. The van der Waals surface area contributed by atoms with E-state index in [1.165, 1.54) is 30.6 Å². The molecule has 0 aromatic heterocycles. The van der Waals surface area contributed by atoms with Crippen molar-refractivity contribution in [2.24, 2.45) is 5.92 Å². The summed E-state index contributed by atoms with van der Waals surface area (Å²) in [5, 5.41) is 4.16. The van der Waals surface area contributed by atoms with Crippen LogP contribution in [0.2, 0.25) is 0 Å². The molecule has 1 fully saturated rings. The van der Waals surface area contributed by atoms with Crippen LogP contribution in [0, 0.1) is 11.7 Å². The first kappa shape index (κ1) is 16.8. The maximum Gasteiger partial charge on any atom is 0.123 e. The lowest BCUT2D eigenvalue weighted by Gasteiger charge is -2.27. The molecule has 1 aliphatic rings. The maximum atomic E-state index is 13.6. The molecule has 0 saturated heterocycles. The Balaban J connectivity index is 2.07. The van der Waals surface area contributed by atoms with Gasteiger partial charge in [0.1, 0.15) is 5.82 Å². The van der Waals surface area contributed by atoms with Crippen LogP contribution in [-0.2, 0) is 6.54 Å². The van der Waals surface area contributed by atoms with E-state index in [4.69, 9.17) is 0 Å². The summed E-state index contributed by atoms with van der Waals surface area (Å²) in [6.45, 7) is 9.50. The van der Waals surface area contributed by atoms with E-state index in [-0.39, 0.29) is 11.4 Å². The van der Waals surface area contributed by atoms with E-state index in [0.717, 1.165) is 18.0 Å². The topological polar surface area (TPSA) is 12.0 Å². The van der Waals surface area contributed by atoms with Crippen molar-refractivity contribution in [1.29, 1.82) is 0 Å². The van der Waals surface area contributed by atoms with Crippen LogP contribution in [0.3, 0.4) is 0 Å². The van der Waals surface area contributed by atoms with Gasteiger partial charge in [-0.25, -0.2) is 4.39 Å². The molecule has 0 heterocycles. The molecule has 1 saturated carbocycles. The Bertz CT molecular complexity index is 467. The van der Waals surface area contributed by atoms with Crippen LogP contribution in [-0.4, -0.2) is 10.8 Å². The number of hydrogen-bond acceptors (Lipinski definition) is 2. The third-order valence-electron chi connectivity index (χ3n) is 4.01. The summed E-state index contributed by atoms with van der Waals surface area (Å²) in [4.78, 5) is 1.24. The standard InChI is InChI=1S/C18H28FNS/c1-13-6-5-7-16(10-13)21-17-9-8-15(19)11-14(17)12-20-18(2,3)4/h8-9,11,13,16,20H,5-7,10,12H2,1-4H3. The van der Waals surface area contributed by atoms with Crippen LogP contribution in [0.4, 0.5) is 4.39 Å². The fourth-order valence-corrected chi connectivity index (χ4v) is 4.32. The molecule has 1 aliphatic carbocycles. The van der Waals surface area contributed by atoms with Gasteiger partial charge in [-0.1, -0.05) is 19.8 Å². The van der Waals surface area contributed by atoms with E-state index in [0.29, 0.717) is 5.25 Å². The van der Waals surface area contributed by atoms with Crippen LogP contribution < -0.4 is 5.32 Å². The highest BCUT2D eigenvalue weighted by atomic mass is 32.2. The van der Waals surface area contributed by atoms with Crippen molar-refractivity contribution in [2.75, 3.05) is 0 Å². The maximum absolute atomic E-state index is 13.6. The predicted molar refractivity (Wildman–Crippen MR) is 90.3 cm³/mol. The first-order valence-corrected chi connectivity index (χ1v) is 8.91. The molecule has 2 rings (SSSR count). The third-order valence-corrected chi connectivity index (χ3v) is 5.43. The van der Waals surface area contributed by atoms with Crippen molar-refractivity contribution in [3.8, 4) is 0 Å². The SMILES string of the molecule is CC1CCCC(Sc2ccc(F)cc2CNC(C)(C)C)C1. The Hall–Kier alpha value is -0.540. The van der Waals surface area contributed by atoms with E-state index in [2.05, 4.69) is 33.0 Å². The second-order valence-corrected chi connectivity index (χ2v) is 8.71. The molecule has 0 amide bonds. The third kappa shape index (κ3) is 5.63. The summed E-state index contributed by atoms with van der Waals surface area (Å²) >= 11 is 1.95. The Labute approximate surface area is 133 Å². The second-order valence-electron chi connectivity index (χ2n) is 7.37. The van der Waals surface area contributed by atoms with Crippen molar-refractivity contribution in [3.63, 3.8) is 0 Å². The average Bonchev–Trinajstić information content (AvgIpc) is 2.38. The van der Waals surface area contributed by atoms with Crippen molar-refractivity contribution < 1.29 is 4.39 Å². The molecule has 1 nitrogen and oxygen atoms in total. The second kappa shape index (κ2) is 7.15. The molecule has 0 aliphatic heterocycles. The van der Waals surface area contributed by atoms with Crippen molar-refractivity contribution in [3.05, 3.63) is 29.6 Å². The summed E-state index contributed by atoms with van der Waals surface area (Å²) in [6.07, 6.45) is 5.27. The lowest BCUT2D eigenvalue weighted by Crippen LogP contribution is -2.35. The molecular formula is C18H28FNS. The van der Waals surface area contributed by atoms with Gasteiger partial charge in [0, 0.05) is 22.2 Å². The molecule has 1 aromatic carbocycles.